The van der Waals surface area contributed by atoms with Gasteiger partial charge in [-0.3, -0.25) is 9.59 Å². The highest BCUT2D eigenvalue weighted by Crippen LogP contribution is 2.57. The summed E-state index contributed by atoms with van der Waals surface area (Å²) in [6, 6.07) is 4.86. The number of halogens is 3. The fourth-order valence-electron chi connectivity index (χ4n) is 4.42. The second-order valence-corrected chi connectivity index (χ2v) is 6.45. The molecule has 4 rings (SSSR count). The van der Waals surface area contributed by atoms with Crippen molar-refractivity contribution in [2.75, 3.05) is 5.32 Å². The third-order valence-electron chi connectivity index (χ3n) is 5.28. The van der Waals surface area contributed by atoms with E-state index in [2.05, 4.69) is 5.32 Å². The minimum absolute atomic E-state index is 0.0134. The zero-order valence-electron chi connectivity index (χ0n) is 12.0. The number of nitrogens with one attached hydrogen (secondary N) is 1. The molecule has 5 atom stereocenters. The van der Waals surface area contributed by atoms with Crippen LogP contribution < -0.4 is 5.32 Å². The number of ether oxygens (including phenoxy) is 1. The molecule has 0 unspecified atom stereocenters. The first-order chi connectivity index (χ1) is 10.9. The molecule has 1 heterocycles. The van der Waals surface area contributed by atoms with Crippen LogP contribution in [-0.2, 0) is 20.5 Å². The second kappa shape index (κ2) is 4.72. The number of rotatable bonds is 2. The van der Waals surface area contributed by atoms with Gasteiger partial charge < -0.3 is 10.1 Å². The van der Waals surface area contributed by atoms with Crippen molar-refractivity contribution in [3.63, 3.8) is 0 Å². The van der Waals surface area contributed by atoms with Crippen molar-refractivity contribution in [2.24, 2.45) is 23.7 Å². The summed E-state index contributed by atoms with van der Waals surface area (Å²) in [5, 5.41) is 2.38. The molecular weight excluding hydrogens is 311 g/mol. The van der Waals surface area contributed by atoms with Gasteiger partial charge in [-0.05, 0) is 30.9 Å². The van der Waals surface area contributed by atoms with E-state index in [1.807, 2.05) is 0 Å². The largest absolute Gasteiger partial charge is 0.462 e. The zero-order chi connectivity index (χ0) is 16.4. The van der Waals surface area contributed by atoms with E-state index in [1.165, 1.54) is 18.2 Å². The lowest BCUT2D eigenvalue weighted by atomic mass is 9.79. The Hall–Kier alpha value is -2.05. The summed E-state index contributed by atoms with van der Waals surface area (Å²) < 4.78 is 44.3. The number of fused-ring (bicyclic) bond motifs is 1. The van der Waals surface area contributed by atoms with Crippen LogP contribution in [0.2, 0.25) is 0 Å². The summed E-state index contributed by atoms with van der Waals surface area (Å²) in [6.07, 6.45) is -3.29. The third kappa shape index (κ3) is 2.13. The van der Waals surface area contributed by atoms with E-state index < -0.39 is 29.5 Å². The maximum atomic E-state index is 13.0. The van der Waals surface area contributed by atoms with E-state index in [0.717, 1.165) is 12.5 Å². The molecule has 0 radical (unpaired) electrons. The number of hydrogen-bond acceptors (Lipinski definition) is 3. The molecule has 7 heteroatoms. The first-order valence-electron chi connectivity index (χ1n) is 7.54. The van der Waals surface area contributed by atoms with Crippen LogP contribution in [0.25, 0.3) is 0 Å². The molecule has 23 heavy (non-hydrogen) atoms. The topological polar surface area (TPSA) is 55.4 Å². The normalized spacial score (nSPS) is 34.6. The summed E-state index contributed by atoms with van der Waals surface area (Å²) in [5.41, 5.74) is -1.15. The van der Waals surface area contributed by atoms with Crippen LogP contribution in [-0.4, -0.2) is 18.0 Å². The standard InChI is InChI=1S/C16H14F3NO3/c17-16(18,19)9-3-1-2-4-10(9)20-14(21)12-7-5-8-11(6-7)23-15(22)13(8)12/h1-4,7-8,11-13H,5-6H2,(H,20,21)/t7-,8-,11-,12-,13-/m0/s1. The predicted molar refractivity (Wildman–Crippen MR) is 73.1 cm³/mol. The first-order valence-corrected chi connectivity index (χ1v) is 7.54. The number of carbonyl (C=O) groups is 2. The van der Waals surface area contributed by atoms with Gasteiger partial charge in [0.25, 0.3) is 0 Å². The maximum absolute atomic E-state index is 13.0. The van der Waals surface area contributed by atoms with Gasteiger partial charge in [-0.2, -0.15) is 13.2 Å². The Kier molecular flexibility index (Phi) is 2.98. The van der Waals surface area contributed by atoms with E-state index in [4.69, 9.17) is 4.74 Å². The van der Waals surface area contributed by atoms with Crippen LogP contribution in [0.15, 0.2) is 24.3 Å². The molecule has 3 fully saturated rings. The minimum atomic E-state index is -4.55. The molecule has 0 aromatic heterocycles. The maximum Gasteiger partial charge on any atom is 0.418 e. The Labute approximate surface area is 130 Å². The molecule has 2 bridgehead atoms. The Balaban J connectivity index is 1.59. The Morgan fingerprint density at radius 2 is 1.96 bits per heavy atom. The van der Waals surface area contributed by atoms with Gasteiger partial charge in [-0.15, -0.1) is 0 Å². The quantitative estimate of drug-likeness (QED) is 0.851. The van der Waals surface area contributed by atoms with E-state index in [9.17, 15) is 22.8 Å². The second-order valence-electron chi connectivity index (χ2n) is 6.45. The van der Waals surface area contributed by atoms with Gasteiger partial charge in [0.05, 0.1) is 23.1 Å². The highest BCUT2D eigenvalue weighted by Gasteiger charge is 2.63. The van der Waals surface area contributed by atoms with Crippen LogP contribution in [0.5, 0.6) is 0 Å². The van der Waals surface area contributed by atoms with Crippen molar-refractivity contribution in [1.82, 2.24) is 0 Å². The number of esters is 1. The molecule has 4 nitrogen and oxygen atoms in total. The highest BCUT2D eigenvalue weighted by atomic mass is 19.4. The van der Waals surface area contributed by atoms with Crippen LogP contribution in [0.1, 0.15) is 18.4 Å². The number of alkyl halides is 3. The van der Waals surface area contributed by atoms with Crippen LogP contribution in [0.3, 0.4) is 0 Å². The molecule has 2 aliphatic carbocycles. The van der Waals surface area contributed by atoms with Gasteiger partial charge in [-0.25, -0.2) is 0 Å². The molecule has 1 N–H and O–H groups in total. The molecule has 1 aromatic rings. The summed E-state index contributed by atoms with van der Waals surface area (Å²) in [4.78, 5) is 24.4. The highest BCUT2D eigenvalue weighted by molar-refractivity contribution is 5.97. The Morgan fingerprint density at radius 1 is 1.22 bits per heavy atom. The molecule has 0 spiro atoms. The molecule has 1 aliphatic heterocycles. The number of para-hydroxylation sites is 1. The smallest absolute Gasteiger partial charge is 0.418 e. The summed E-state index contributed by atoms with van der Waals surface area (Å²) >= 11 is 0. The van der Waals surface area contributed by atoms with Gasteiger partial charge in [0.2, 0.25) is 5.91 Å². The fraction of sp³-hybridized carbons (Fsp3) is 0.500. The van der Waals surface area contributed by atoms with Crippen molar-refractivity contribution in [1.29, 1.82) is 0 Å². The lowest BCUT2D eigenvalue weighted by Gasteiger charge is -2.24. The van der Waals surface area contributed by atoms with Crippen molar-refractivity contribution in [2.45, 2.75) is 25.1 Å². The average Bonchev–Trinajstić information content (AvgIpc) is 3.08. The monoisotopic (exact) mass is 325 g/mol. The molecule has 1 saturated heterocycles. The summed E-state index contributed by atoms with van der Waals surface area (Å²) in [6.45, 7) is 0. The third-order valence-corrected chi connectivity index (χ3v) is 5.28. The molecule has 1 amide bonds. The zero-order valence-corrected chi connectivity index (χ0v) is 12.0. The van der Waals surface area contributed by atoms with E-state index >= 15 is 0 Å². The van der Waals surface area contributed by atoms with Crippen molar-refractivity contribution >= 4 is 17.6 Å². The van der Waals surface area contributed by atoms with E-state index in [-0.39, 0.29) is 29.6 Å². The van der Waals surface area contributed by atoms with Crippen molar-refractivity contribution in [3.05, 3.63) is 29.8 Å². The van der Waals surface area contributed by atoms with E-state index in [0.29, 0.717) is 6.42 Å². The minimum Gasteiger partial charge on any atom is -0.462 e. The number of carbonyl (C=O) groups excluding carboxylic acids is 2. The molecule has 3 aliphatic rings. The SMILES string of the molecule is O=C(Nc1ccccc1C(F)(F)F)[C@H]1[C@H]2C[C@@H]3[C@@H]1C(=O)O[C@H]3C2. The predicted octanol–water partition coefficient (Wildman–Crippen LogP) is 2.84. The van der Waals surface area contributed by atoms with Crippen LogP contribution in [0, 0.1) is 23.7 Å². The summed E-state index contributed by atoms with van der Waals surface area (Å²) in [5.74, 6) is -1.94. The lowest BCUT2D eigenvalue weighted by molar-refractivity contribution is -0.145. The average molecular weight is 325 g/mol. The van der Waals surface area contributed by atoms with Crippen molar-refractivity contribution in [3.8, 4) is 0 Å². The first kappa shape index (κ1) is 14.5. The Morgan fingerprint density at radius 3 is 2.70 bits per heavy atom. The van der Waals surface area contributed by atoms with Gasteiger partial charge in [-0.1, -0.05) is 12.1 Å². The lowest BCUT2D eigenvalue weighted by Crippen LogP contribution is -2.36. The number of hydrogen-bond donors (Lipinski definition) is 1. The number of anilines is 1. The van der Waals surface area contributed by atoms with Crippen LogP contribution >= 0.6 is 0 Å². The number of benzene rings is 1. The Bertz CT molecular complexity index is 685. The van der Waals surface area contributed by atoms with E-state index in [1.54, 1.807) is 0 Å². The number of amides is 1. The van der Waals surface area contributed by atoms with Gasteiger partial charge in [0.15, 0.2) is 0 Å². The molecule has 2 saturated carbocycles. The molecular formula is C16H14F3NO3. The molecule has 122 valence electrons. The summed E-state index contributed by atoms with van der Waals surface area (Å²) in [7, 11) is 0. The molecule has 1 aromatic carbocycles. The van der Waals surface area contributed by atoms with Gasteiger partial charge in [0.1, 0.15) is 6.10 Å². The fourth-order valence-corrected chi connectivity index (χ4v) is 4.42. The van der Waals surface area contributed by atoms with Gasteiger partial charge in [0, 0.05) is 5.92 Å². The van der Waals surface area contributed by atoms with Gasteiger partial charge >= 0.3 is 12.1 Å². The van der Waals surface area contributed by atoms with Crippen LogP contribution in [0.4, 0.5) is 18.9 Å². The van der Waals surface area contributed by atoms with Crippen molar-refractivity contribution < 1.29 is 27.5 Å².